The highest BCUT2D eigenvalue weighted by molar-refractivity contribution is 6.24. The van der Waals surface area contributed by atoms with Gasteiger partial charge in [-0.3, -0.25) is 25.2 Å². The number of carbonyl (C=O) groups is 1. The molecule has 3 heterocycles. The predicted octanol–water partition coefficient (Wildman–Crippen LogP) is 6.71. The van der Waals surface area contributed by atoms with Crippen molar-refractivity contribution in [3.63, 3.8) is 0 Å². The number of ketones is 1. The molecule has 2 N–H and O–H groups in total. The standard InChI is InChI=1S/C29H24ClF6N5O/c1-17(28(31,32)33)14-19(15-18(2)29(34,35)36)16-41-26(20-9-12-37-13-10-20)25(39-40-41)24-22(7-5-11-38-24)27(42)21-6-3-4-8-23(21)30/h3-15,21,23,39-40H,1,16H2,2H3/b18-15+,19-14+. The third-order valence-electron chi connectivity index (χ3n) is 6.37. The predicted molar refractivity (Wildman–Crippen MR) is 147 cm³/mol. The second-order valence-electron chi connectivity index (χ2n) is 9.35. The minimum Gasteiger partial charge on any atom is -0.300 e. The smallest absolute Gasteiger partial charge is 0.300 e. The van der Waals surface area contributed by atoms with Gasteiger partial charge < -0.3 is 0 Å². The number of carbonyl (C=O) groups excluding carboxylic acids is 1. The number of halogens is 7. The van der Waals surface area contributed by atoms with Crippen LogP contribution in [0.15, 0.2) is 103 Å². The molecule has 13 heteroatoms. The van der Waals surface area contributed by atoms with E-state index in [-0.39, 0.29) is 28.3 Å². The molecule has 220 valence electrons. The van der Waals surface area contributed by atoms with Gasteiger partial charge in [0.2, 0.25) is 0 Å². The minimum absolute atomic E-state index is 0.198. The molecule has 4 rings (SSSR count). The number of hydrazine groups is 2. The summed E-state index contributed by atoms with van der Waals surface area (Å²) in [4.78, 5) is 22.0. The highest BCUT2D eigenvalue weighted by Crippen LogP contribution is 2.35. The Balaban J connectivity index is 1.83. The van der Waals surface area contributed by atoms with Crippen molar-refractivity contribution in [3.05, 3.63) is 119 Å². The number of Topliss-reactive ketones (excluding diaryl/α,β-unsaturated/α-hetero) is 1. The Bertz CT molecular complexity index is 1510. The van der Waals surface area contributed by atoms with Crippen molar-refractivity contribution in [3.8, 4) is 0 Å². The van der Waals surface area contributed by atoms with Gasteiger partial charge >= 0.3 is 12.4 Å². The molecule has 2 aliphatic rings. The molecule has 42 heavy (non-hydrogen) atoms. The Morgan fingerprint density at radius 3 is 2.38 bits per heavy atom. The minimum atomic E-state index is -4.86. The van der Waals surface area contributed by atoms with Crippen molar-refractivity contribution >= 4 is 28.8 Å². The van der Waals surface area contributed by atoms with Crippen LogP contribution >= 0.6 is 11.6 Å². The molecule has 6 nitrogen and oxygen atoms in total. The van der Waals surface area contributed by atoms with E-state index >= 15 is 0 Å². The Kier molecular flexibility index (Phi) is 9.07. The van der Waals surface area contributed by atoms with Gasteiger partial charge in [0.1, 0.15) is 11.4 Å². The van der Waals surface area contributed by atoms with E-state index in [1.165, 1.54) is 23.6 Å². The first-order valence-corrected chi connectivity index (χ1v) is 12.9. The lowest BCUT2D eigenvalue weighted by Crippen LogP contribution is -2.38. The van der Waals surface area contributed by atoms with Crippen molar-refractivity contribution in [2.24, 2.45) is 5.92 Å². The van der Waals surface area contributed by atoms with Crippen molar-refractivity contribution in [1.82, 2.24) is 25.9 Å². The third-order valence-corrected chi connectivity index (χ3v) is 6.79. The lowest BCUT2D eigenvalue weighted by Gasteiger charge is -2.23. The normalized spacial score (nSPS) is 19.8. The second-order valence-corrected chi connectivity index (χ2v) is 9.86. The van der Waals surface area contributed by atoms with Gasteiger partial charge in [-0.25, -0.2) is 0 Å². The van der Waals surface area contributed by atoms with Crippen molar-refractivity contribution in [1.29, 1.82) is 0 Å². The first-order valence-electron chi connectivity index (χ1n) is 12.4. The quantitative estimate of drug-likeness (QED) is 0.150. The topological polar surface area (TPSA) is 70.2 Å². The average Bonchev–Trinajstić information content (AvgIpc) is 3.35. The molecule has 0 saturated heterocycles. The summed E-state index contributed by atoms with van der Waals surface area (Å²) in [7, 11) is 0. The molecule has 2 aromatic heterocycles. The van der Waals surface area contributed by atoms with Gasteiger partial charge in [-0.15, -0.1) is 17.1 Å². The first-order chi connectivity index (χ1) is 19.8. The van der Waals surface area contributed by atoms with E-state index in [1.54, 1.807) is 48.6 Å². The van der Waals surface area contributed by atoms with Crippen LogP contribution in [0, 0.1) is 5.92 Å². The summed E-state index contributed by atoms with van der Waals surface area (Å²) in [6, 6.07) is 6.33. The zero-order valence-electron chi connectivity index (χ0n) is 22.0. The number of hydrogen-bond acceptors (Lipinski definition) is 6. The largest absolute Gasteiger partial charge is 0.415 e. The van der Waals surface area contributed by atoms with Gasteiger partial charge in [0, 0.05) is 40.9 Å². The molecule has 0 radical (unpaired) electrons. The van der Waals surface area contributed by atoms with E-state index in [0.717, 1.165) is 6.92 Å². The van der Waals surface area contributed by atoms with Gasteiger partial charge in [0.15, 0.2) is 5.78 Å². The molecule has 1 aliphatic heterocycles. The van der Waals surface area contributed by atoms with Gasteiger partial charge in [0.25, 0.3) is 0 Å². The molecule has 0 aromatic carbocycles. The highest BCUT2D eigenvalue weighted by Gasteiger charge is 2.35. The number of nitrogens with zero attached hydrogens (tertiary/aromatic N) is 3. The van der Waals surface area contributed by atoms with E-state index in [4.69, 9.17) is 11.6 Å². The lowest BCUT2D eigenvalue weighted by atomic mass is 9.90. The van der Waals surface area contributed by atoms with Crippen molar-refractivity contribution in [2.75, 3.05) is 6.54 Å². The number of alkyl halides is 7. The van der Waals surface area contributed by atoms with E-state index in [1.807, 2.05) is 0 Å². The van der Waals surface area contributed by atoms with E-state index in [2.05, 4.69) is 27.5 Å². The zero-order valence-corrected chi connectivity index (χ0v) is 22.7. The second kappa shape index (κ2) is 12.4. The van der Waals surface area contributed by atoms with Crippen LogP contribution in [0.25, 0.3) is 11.4 Å². The summed E-state index contributed by atoms with van der Waals surface area (Å²) in [5, 5.41) is 0.713. The van der Waals surface area contributed by atoms with Gasteiger partial charge in [-0.1, -0.05) is 30.9 Å². The number of nitrogens with one attached hydrogen (secondary N) is 2. The number of aromatic nitrogens is 2. The van der Waals surface area contributed by atoms with Crippen LogP contribution in [-0.2, 0) is 0 Å². The van der Waals surface area contributed by atoms with Gasteiger partial charge in [-0.05, 0) is 48.9 Å². The molecule has 2 atom stereocenters. The fraction of sp³-hybridized carbons (Fsp3) is 0.207. The molecule has 1 aliphatic carbocycles. The van der Waals surface area contributed by atoms with E-state index < -0.39 is 41.3 Å². The molecule has 0 amide bonds. The van der Waals surface area contributed by atoms with Crippen LogP contribution in [0.2, 0.25) is 0 Å². The maximum Gasteiger partial charge on any atom is 0.415 e. The SMILES string of the molecule is C=C(/C=C(\C=C(/C)C(F)(F)F)CN1NNC(c2ncccc2C(=O)C2C=CC=CC2Cl)=C1c1ccncc1)C(F)(F)F. The van der Waals surface area contributed by atoms with Crippen molar-refractivity contribution in [2.45, 2.75) is 24.7 Å². The summed E-state index contributed by atoms with van der Waals surface area (Å²) in [5.41, 5.74) is 4.37. The van der Waals surface area contributed by atoms with Crippen molar-refractivity contribution < 1.29 is 31.1 Å². The Labute approximate surface area is 242 Å². The number of rotatable bonds is 8. The summed E-state index contributed by atoms with van der Waals surface area (Å²) in [5.74, 6) is -1.01. The number of pyridine rings is 2. The van der Waals surface area contributed by atoms with Crippen LogP contribution < -0.4 is 11.0 Å². The van der Waals surface area contributed by atoms with Crippen LogP contribution in [0.4, 0.5) is 26.3 Å². The van der Waals surface area contributed by atoms with E-state index in [0.29, 0.717) is 23.4 Å². The molecule has 0 saturated carbocycles. The summed E-state index contributed by atoms with van der Waals surface area (Å²) >= 11 is 6.38. The zero-order chi connectivity index (χ0) is 30.7. The molecule has 2 unspecified atom stereocenters. The number of hydrogen-bond donors (Lipinski definition) is 2. The Morgan fingerprint density at radius 1 is 1.05 bits per heavy atom. The fourth-order valence-electron chi connectivity index (χ4n) is 4.25. The van der Waals surface area contributed by atoms with Crippen LogP contribution in [0.5, 0.6) is 0 Å². The molecule has 2 aromatic rings. The van der Waals surface area contributed by atoms with Gasteiger partial charge in [-0.2, -0.15) is 26.3 Å². The average molecular weight is 608 g/mol. The van der Waals surface area contributed by atoms with Crippen LogP contribution in [0.3, 0.4) is 0 Å². The Morgan fingerprint density at radius 2 is 1.74 bits per heavy atom. The molecule has 0 spiro atoms. The number of allylic oxidation sites excluding steroid dienone is 7. The van der Waals surface area contributed by atoms with Crippen LogP contribution in [-0.4, -0.2) is 45.0 Å². The van der Waals surface area contributed by atoms with Gasteiger partial charge in [0.05, 0.1) is 23.5 Å². The maximum absolute atomic E-state index is 13.6. The molecule has 0 fully saturated rings. The highest BCUT2D eigenvalue weighted by atomic mass is 35.5. The summed E-state index contributed by atoms with van der Waals surface area (Å²) in [6.45, 7) is 3.27. The van der Waals surface area contributed by atoms with Crippen LogP contribution in [0.1, 0.15) is 28.5 Å². The maximum atomic E-state index is 13.6. The molecular formula is C29H24ClF6N5O. The molecule has 0 bridgehead atoms. The van der Waals surface area contributed by atoms with E-state index in [9.17, 15) is 31.1 Å². The monoisotopic (exact) mass is 607 g/mol. The summed E-state index contributed by atoms with van der Waals surface area (Å²) < 4.78 is 80.0. The third kappa shape index (κ3) is 7.00. The lowest BCUT2D eigenvalue weighted by molar-refractivity contribution is -0.0914. The molecular weight excluding hydrogens is 584 g/mol. The fourth-order valence-corrected chi connectivity index (χ4v) is 4.53. The Hall–Kier alpha value is -4.16. The first kappa shape index (κ1) is 30.8. The summed E-state index contributed by atoms with van der Waals surface area (Å²) in [6.07, 6.45) is 2.72.